The second-order valence-electron chi connectivity index (χ2n) is 6.01. The Morgan fingerprint density at radius 2 is 1.82 bits per heavy atom. The van der Waals surface area contributed by atoms with Gasteiger partial charge in [-0.15, -0.1) is 0 Å². The molecular weight excluding hydrogens is 377 g/mol. The van der Waals surface area contributed by atoms with E-state index in [1.54, 1.807) is 13.0 Å². The summed E-state index contributed by atoms with van der Waals surface area (Å²) >= 11 is 0. The molecule has 6 nitrogen and oxygen atoms in total. The molecule has 0 unspecified atom stereocenters. The highest BCUT2D eigenvalue weighted by Gasteiger charge is 2.31. The molecule has 0 N–H and O–H groups in total. The number of nitro groups is 1. The quantitative estimate of drug-likeness (QED) is 0.453. The number of nitro benzene ring substituents is 1. The largest absolute Gasteiger partial charge is 0.496 e. The van der Waals surface area contributed by atoms with Crippen LogP contribution in [0.15, 0.2) is 36.4 Å². The molecule has 0 aliphatic carbocycles. The molecule has 146 valence electrons. The number of fused-ring (bicyclic) bond motifs is 1. The van der Waals surface area contributed by atoms with Gasteiger partial charge in [0.1, 0.15) is 5.75 Å². The van der Waals surface area contributed by atoms with E-state index in [2.05, 4.69) is 4.98 Å². The minimum atomic E-state index is -4.53. The molecule has 3 rings (SSSR count). The highest BCUT2D eigenvalue weighted by Crippen LogP contribution is 2.44. The van der Waals surface area contributed by atoms with Gasteiger partial charge in [-0.25, -0.2) is 4.98 Å². The van der Waals surface area contributed by atoms with E-state index in [1.165, 1.54) is 26.4 Å². The summed E-state index contributed by atoms with van der Waals surface area (Å²) in [4.78, 5) is 15.1. The molecule has 0 bridgehead atoms. The van der Waals surface area contributed by atoms with Crippen molar-refractivity contribution < 1.29 is 27.6 Å². The van der Waals surface area contributed by atoms with Gasteiger partial charge in [0.05, 0.1) is 30.8 Å². The third-order valence-corrected chi connectivity index (χ3v) is 4.30. The Morgan fingerprint density at radius 1 is 1.11 bits per heavy atom. The number of non-ortho nitro benzene ring substituents is 1. The van der Waals surface area contributed by atoms with E-state index >= 15 is 0 Å². The normalized spacial score (nSPS) is 11.5. The zero-order valence-corrected chi connectivity index (χ0v) is 15.1. The van der Waals surface area contributed by atoms with Crippen molar-refractivity contribution in [1.29, 1.82) is 0 Å². The van der Waals surface area contributed by atoms with E-state index in [0.717, 1.165) is 18.2 Å². The molecule has 2 aromatic carbocycles. The van der Waals surface area contributed by atoms with Crippen molar-refractivity contribution in [2.75, 3.05) is 14.2 Å². The molecule has 0 aliphatic rings. The predicted octanol–water partition coefficient (Wildman–Crippen LogP) is 5.15. The number of aromatic nitrogens is 1. The molecule has 9 heteroatoms. The molecule has 1 aromatic heterocycles. The smallest absolute Gasteiger partial charge is 0.416 e. The summed E-state index contributed by atoms with van der Waals surface area (Å²) in [6, 6.07) is 7.41. The molecule has 0 saturated carbocycles. The van der Waals surface area contributed by atoms with Crippen LogP contribution in [0.3, 0.4) is 0 Å². The first-order valence-electron chi connectivity index (χ1n) is 8.05. The summed E-state index contributed by atoms with van der Waals surface area (Å²) in [6.07, 6.45) is -4.53. The second-order valence-corrected chi connectivity index (χ2v) is 6.01. The molecule has 0 amide bonds. The van der Waals surface area contributed by atoms with Crippen molar-refractivity contribution in [3.05, 3.63) is 57.6 Å². The van der Waals surface area contributed by atoms with Gasteiger partial charge in [-0.1, -0.05) is 12.1 Å². The fourth-order valence-corrected chi connectivity index (χ4v) is 3.07. The summed E-state index contributed by atoms with van der Waals surface area (Å²) in [6.45, 7) is 1.67. The number of alkyl halides is 3. The van der Waals surface area contributed by atoms with Crippen LogP contribution >= 0.6 is 0 Å². The fraction of sp³-hybridized carbons (Fsp3) is 0.211. The van der Waals surface area contributed by atoms with E-state index in [1.807, 2.05) is 0 Å². The molecule has 0 radical (unpaired) electrons. The monoisotopic (exact) mass is 392 g/mol. The maximum absolute atomic E-state index is 13.2. The molecule has 0 aliphatic heterocycles. The molecule has 3 aromatic rings. The van der Waals surface area contributed by atoms with Crippen LogP contribution in [0.2, 0.25) is 0 Å². The number of nitrogens with zero attached hydrogens (tertiary/aromatic N) is 2. The van der Waals surface area contributed by atoms with E-state index in [4.69, 9.17) is 9.47 Å². The van der Waals surface area contributed by atoms with Gasteiger partial charge < -0.3 is 9.47 Å². The maximum Gasteiger partial charge on any atom is 0.416 e. The highest BCUT2D eigenvalue weighted by atomic mass is 19.4. The fourth-order valence-electron chi connectivity index (χ4n) is 3.07. The number of methoxy groups -OCH3 is 2. The van der Waals surface area contributed by atoms with Crippen LogP contribution in [-0.4, -0.2) is 24.1 Å². The second kappa shape index (κ2) is 6.99. The first kappa shape index (κ1) is 19.4. The average molecular weight is 392 g/mol. The van der Waals surface area contributed by atoms with Gasteiger partial charge in [0, 0.05) is 17.0 Å². The topological polar surface area (TPSA) is 74.5 Å². The van der Waals surface area contributed by atoms with Crippen LogP contribution in [0, 0.1) is 17.0 Å². The summed E-state index contributed by atoms with van der Waals surface area (Å²) in [5.41, 5.74) is -0.0999. The predicted molar refractivity (Wildman–Crippen MR) is 96.7 cm³/mol. The molecular formula is C19H15F3N2O4. The number of hydrogen-bond acceptors (Lipinski definition) is 5. The van der Waals surface area contributed by atoms with Crippen LogP contribution in [0.25, 0.3) is 22.0 Å². The van der Waals surface area contributed by atoms with Crippen LogP contribution < -0.4 is 9.47 Å². The van der Waals surface area contributed by atoms with Crippen LogP contribution in [-0.2, 0) is 6.18 Å². The standard InChI is InChI=1S/C19H15F3N2O4/c1-10-7-15(28-3)23-18-13(24(25)26)9-14(27-2)17(16(10)18)11-5-4-6-12(8-11)19(20,21)22/h4-9H,1-3H3. The molecule has 1 heterocycles. The van der Waals surface area contributed by atoms with E-state index < -0.39 is 16.7 Å². The van der Waals surface area contributed by atoms with E-state index in [9.17, 15) is 23.3 Å². The number of benzene rings is 2. The van der Waals surface area contributed by atoms with E-state index in [0.29, 0.717) is 16.5 Å². The van der Waals surface area contributed by atoms with Crippen molar-refractivity contribution >= 4 is 16.6 Å². The van der Waals surface area contributed by atoms with Crippen LogP contribution in [0.5, 0.6) is 11.6 Å². The highest BCUT2D eigenvalue weighted by molar-refractivity contribution is 6.04. The third kappa shape index (κ3) is 3.30. The SMILES string of the molecule is COc1cc(C)c2c(-c3cccc(C(F)(F)F)c3)c(OC)cc([N+](=O)[O-])c2n1. The van der Waals surface area contributed by atoms with Crippen molar-refractivity contribution in [3.8, 4) is 22.8 Å². The van der Waals surface area contributed by atoms with Gasteiger partial charge in [0.15, 0.2) is 5.52 Å². The number of halogens is 3. The molecule has 0 fully saturated rings. The Hall–Kier alpha value is -3.36. The van der Waals surface area contributed by atoms with Crippen molar-refractivity contribution in [3.63, 3.8) is 0 Å². The van der Waals surface area contributed by atoms with Crippen molar-refractivity contribution in [2.24, 2.45) is 0 Å². The van der Waals surface area contributed by atoms with Gasteiger partial charge in [-0.3, -0.25) is 10.1 Å². The van der Waals surface area contributed by atoms with Gasteiger partial charge in [0.25, 0.3) is 5.69 Å². The average Bonchev–Trinajstić information content (AvgIpc) is 2.65. The summed E-state index contributed by atoms with van der Waals surface area (Å²) in [5, 5.41) is 11.9. The first-order chi connectivity index (χ1) is 13.2. The minimum Gasteiger partial charge on any atom is -0.496 e. The summed E-state index contributed by atoms with van der Waals surface area (Å²) < 4.78 is 49.9. The lowest BCUT2D eigenvalue weighted by molar-refractivity contribution is -0.383. The zero-order chi connectivity index (χ0) is 20.6. The van der Waals surface area contributed by atoms with Crippen molar-refractivity contribution in [1.82, 2.24) is 4.98 Å². The van der Waals surface area contributed by atoms with Gasteiger partial charge >= 0.3 is 6.18 Å². The zero-order valence-electron chi connectivity index (χ0n) is 15.1. The Morgan fingerprint density at radius 3 is 2.39 bits per heavy atom. The number of rotatable bonds is 4. The van der Waals surface area contributed by atoms with Crippen molar-refractivity contribution in [2.45, 2.75) is 13.1 Å². The Bertz CT molecular complexity index is 1080. The summed E-state index contributed by atoms with van der Waals surface area (Å²) in [5.74, 6) is 0.238. The number of pyridine rings is 1. The van der Waals surface area contributed by atoms with Gasteiger partial charge in [-0.2, -0.15) is 13.2 Å². The molecule has 28 heavy (non-hydrogen) atoms. The number of aryl methyl sites for hydroxylation is 1. The number of ether oxygens (including phenoxy) is 2. The Balaban J connectivity index is 2.46. The lowest BCUT2D eigenvalue weighted by atomic mass is 9.94. The van der Waals surface area contributed by atoms with Gasteiger partial charge in [-0.05, 0) is 30.2 Å². The maximum atomic E-state index is 13.2. The Kier molecular flexibility index (Phi) is 4.84. The van der Waals surface area contributed by atoms with Gasteiger partial charge in [0.2, 0.25) is 5.88 Å². The minimum absolute atomic E-state index is 0.00932. The number of hydrogen-bond donors (Lipinski definition) is 0. The lowest BCUT2D eigenvalue weighted by Gasteiger charge is -2.16. The molecule has 0 spiro atoms. The third-order valence-electron chi connectivity index (χ3n) is 4.30. The van der Waals surface area contributed by atoms with Crippen LogP contribution in [0.4, 0.5) is 18.9 Å². The van der Waals surface area contributed by atoms with Crippen LogP contribution in [0.1, 0.15) is 11.1 Å². The molecule has 0 atom stereocenters. The summed E-state index contributed by atoms with van der Waals surface area (Å²) in [7, 11) is 2.67. The lowest BCUT2D eigenvalue weighted by Crippen LogP contribution is -2.05. The Labute approximate surface area is 157 Å². The molecule has 0 saturated heterocycles. The van der Waals surface area contributed by atoms with E-state index in [-0.39, 0.29) is 28.4 Å². The first-order valence-corrected chi connectivity index (χ1v) is 8.05.